The van der Waals surface area contributed by atoms with Gasteiger partial charge in [0.05, 0.1) is 0 Å². The predicted molar refractivity (Wildman–Crippen MR) is 89.2 cm³/mol. The van der Waals surface area contributed by atoms with Crippen molar-refractivity contribution in [2.45, 2.75) is 13.2 Å². The standard InChI is InChI=1S/C19H14F4O3/c20-18(21)25-16-9-3-13(4-10-16)1-7-15(24)8-2-14-5-11-17(12-6-14)26-19(22)23/h1-12,18-19H. The number of hydrogen-bond acceptors (Lipinski definition) is 3. The fourth-order valence-electron chi connectivity index (χ4n) is 1.93. The Balaban J connectivity index is 1.90. The molecule has 26 heavy (non-hydrogen) atoms. The van der Waals surface area contributed by atoms with Crippen molar-refractivity contribution < 1.29 is 31.8 Å². The smallest absolute Gasteiger partial charge is 0.387 e. The van der Waals surface area contributed by atoms with E-state index in [9.17, 15) is 22.4 Å². The number of ether oxygens (including phenoxy) is 2. The Kier molecular flexibility index (Phi) is 6.96. The summed E-state index contributed by atoms with van der Waals surface area (Å²) in [5.74, 6) is -0.240. The van der Waals surface area contributed by atoms with Crippen LogP contribution in [0.5, 0.6) is 11.5 Å². The third-order valence-electron chi connectivity index (χ3n) is 3.09. The molecule has 0 fully saturated rings. The van der Waals surface area contributed by atoms with E-state index in [1.807, 2.05) is 0 Å². The second kappa shape index (κ2) is 9.41. The Hall–Kier alpha value is -3.09. The predicted octanol–water partition coefficient (Wildman–Crippen LogP) is 5.19. The van der Waals surface area contributed by atoms with E-state index in [0.29, 0.717) is 11.1 Å². The lowest BCUT2D eigenvalue weighted by atomic mass is 10.1. The molecule has 0 unspecified atom stereocenters. The van der Waals surface area contributed by atoms with E-state index >= 15 is 0 Å². The first kappa shape index (κ1) is 19.2. The number of ketones is 1. The maximum absolute atomic E-state index is 12.0. The van der Waals surface area contributed by atoms with E-state index in [1.165, 1.54) is 72.8 Å². The van der Waals surface area contributed by atoms with Gasteiger partial charge in [-0.05, 0) is 47.5 Å². The maximum Gasteiger partial charge on any atom is 0.387 e. The maximum atomic E-state index is 12.0. The van der Waals surface area contributed by atoms with Gasteiger partial charge < -0.3 is 9.47 Å². The van der Waals surface area contributed by atoms with Gasteiger partial charge in [-0.3, -0.25) is 4.79 Å². The molecule has 0 aromatic heterocycles. The van der Waals surface area contributed by atoms with Crippen LogP contribution >= 0.6 is 0 Å². The van der Waals surface area contributed by atoms with E-state index in [0.717, 1.165) is 0 Å². The lowest BCUT2D eigenvalue weighted by molar-refractivity contribution is -0.110. The average molecular weight is 366 g/mol. The van der Waals surface area contributed by atoms with Gasteiger partial charge in [-0.15, -0.1) is 0 Å². The molecule has 3 nitrogen and oxygen atoms in total. The van der Waals surface area contributed by atoms with Crippen LogP contribution in [0.15, 0.2) is 60.7 Å². The molecule has 0 amide bonds. The Bertz CT molecular complexity index is 701. The molecule has 2 aromatic carbocycles. The summed E-state index contributed by atoms with van der Waals surface area (Å²) in [5.41, 5.74) is 1.28. The van der Waals surface area contributed by atoms with E-state index < -0.39 is 13.2 Å². The highest BCUT2D eigenvalue weighted by Gasteiger charge is 2.04. The minimum Gasteiger partial charge on any atom is -0.435 e. The molecule has 136 valence electrons. The Morgan fingerprint density at radius 1 is 0.692 bits per heavy atom. The van der Waals surface area contributed by atoms with Crippen LogP contribution < -0.4 is 9.47 Å². The highest BCUT2D eigenvalue weighted by Crippen LogP contribution is 2.17. The zero-order chi connectivity index (χ0) is 18.9. The fraction of sp³-hybridized carbons (Fsp3) is 0.105. The molecular formula is C19H14F4O3. The molecule has 0 saturated heterocycles. The summed E-state index contributed by atoms with van der Waals surface area (Å²) in [6.07, 6.45) is 5.68. The molecule has 0 radical (unpaired) electrons. The molecule has 0 aliphatic rings. The third-order valence-corrected chi connectivity index (χ3v) is 3.09. The molecule has 2 rings (SSSR count). The summed E-state index contributed by atoms with van der Waals surface area (Å²) in [5, 5.41) is 0. The van der Waals surface area contributed by atoms with Crippen molar-refractivity contribution in [3.05, 3.63) is 71.8 Å². The summed E-state index contributed by atoms with van der Waals surface area (Å²) in [6.45, 7) is -5.78. The molecule has 0 N–H and O–H groups in total. The molecule has 7 heteroatoms. The van der Waals surface area contributed by atoms with Crippen molar-refractivity contribution in [2.75, 3.05) is 0 Å². The molecule has 2 aromatic rings. The van der Waals surface area contributed by atoms with E-state index in [2.05, 4.69) is 9.47 Å². The normalized spacial score (nSPS) is 11.6. The van der Waals surface area contributed by atoms with Crippen LogP contribution in [0.25, 0.3) is 12.2 Å². The van der Waals surface area contributed by atoms with Gasteiger partial charge in [0, 0.05) is 0 Å². The largest absolute Gasteiger partial charge is 0.435 e. The Labute approximate surface area is 147 Å². The van der Waals surface area contributed by atoms with Crippen molar-refractivity contribution in [2.24, 2.45) is 0 Å². The first-order chi connectivity index (χ1) is 12.4. The lowest BCUT2D eigenvalue weighted by Crippen LogP contribution is -2.01. The van der Waals surface area contributed by atoms with Crippen molar-refractivity contribution >= 4 is 17.9 Å². The Morgan fingerprint density at radius 2 is 1.04 bits per heavy atom. The van der Waals surface area contributed by atoms with Gasteiger partial charge in [0.1, 0.15) is 11.5 Å². The second-order valence-corrected chi connectivity index (χ2v) is 4.96. The number of rotatable bonds is 8. The quantitative estimate of drug-likeness (QED) is 0.477. The summed E-state index contributed by atoms with van der Waals surface area (Å²) >= 11 is 0. The molecule has 0 spiro atoms. The highest BCUT2D eigenvalue weighted by molar-refractivity contribution is 6.04. The van der Waals surface area contributed by atoms with Crippen molar-refractivity contribution in [1.29, 1.82) is 0 Å². The van der Waals surface area contributed by atoms with Gasteiger partial charge >= 0.3 is 13.2 Å². The minimum atomic E-state index is -2.89. The first-order valence-corrected chi connectivity index (χ1v) is 7.42. The molecule has 0 bridgehead atoms. The van der Waals surface area contributed by atoms with Crippen LogP contribution in [0.2, 0.25) is 0 Å². The number of carbonyl (C=O) groups excluding carboxylic acids is 1. The van der Waals surface area contributed by atoms with Crippen molar-refractivity contribution in [3.63, 3.8) is 0 Å². The SMILES string of the molecule is O=C(C=Cc1ccc(OC(F)F)cc1)C=Cc1ccc(OC(F)F)cc1. The van der Waals surface area contributed by atoms with Gasteiger partial charge in [-0.1, -0.05) is 36.4 Å². The molecule has 0 aliphatic carbocycles. The third kappa shape index (κ3) is 6.80. The van der Waals surface area contributed by atoms with Crippen LogP contribution in [-0.2, 0) is 4.79 Å². The number of hydrogen-bond donors (Lipinski definition) is 0. The van der Waals surface area contributed by atoms with Gasteiger partial charge in [0.25, 0.3) is 0 Å². The summed E-state index contributed by atoms with van der Waals surface area (Å²) in [4.78, 5) is 11.8. The topological polar surface area (TPSA) is 35.5 Å². The summed E-state index contributed by atoms with van der Waals surface area (Å²) in [7, 11) is 0. The lowest BCUT2D eigenvalue weighted by Gasteiger charge is -2.03. The van der Waals surface area contributed by atoms with Crippen molar-refractivity contribution in [3.8, 4) is 11.5 Å². The van der Waals surface area contributed by atoms with Crippen LogP contribution in [0.1, 0.15) is 11.1 Å². The highest BCUT2D eigenvalue weighted by atomic mass is 19.3. The van der Waals surface area contributed by atoms with E-state index in [1.54, 1.807) is 0 Å². The first-order valence-electron chi connectivity index (χ1n) is 7.42. The number of allylic oxidation sites excluding steroid dienone is 2. The molecule has 0 saturated carbocycles. The van der Waals surface area contributed by atoms with Crippen molar-refractivity contribution in [1.82, 2.24) is 0 Å². The summed E-state index contributed by atoms with van der Waals surface area (Å²) < 4.78 is 56.6. The fourth-order valence-corrected chi connectivity index (χ4v) is 1.93. The minimum absolute atomic E-state index is 0.0302. The molecule has 0 heterocycles. The van der Waals surface area contributed by atoms with Gasteiger partial charge in [-0.2, -0.15) is 17.6 Å². The van der Waals surface area contributed by atoms with E-state index in [-0.39, 0.29) is 17.3 Å². The summed E-state index contributed by atoms with van der Waals surface area (Å²) in [6, 6.07) is 11.6. The zero-order valence-electron chi connectivity index (χ0n) is 13.3. The van der Waals surface area contributed by atoms with Gasteiger partial charge in [0.2, 0.25) is 0 Å². The van der Waals surface area contributed by atoms with Gasteiger partial charge in [0.15, 0.2) is 5.78 Å². The number of halogens is 4. The average Bonchev–Trinajstić information content (AvgIpc) is 2.59. The van der Waals surface area contributed by atoms with Crippen LogP contribution in [-0.4, -0.2) is 19.0 Å². The molecule has 0 atom stereocenters. The Morgan fingerprint density at radius 3 is 1.35 bits per heavy atom. The van der Waals surface area contributed by atoms with Crippen LogP contribution in [0, 0.1) is 0 Å². The molecular weight excluding hydrogens is 352 g/mol. The number of benzene rings is 2. The second-order valence-electron chi connectivity index (χ2n) is 4.96. The zero-order valence-corrected chi connectivity index (χ0v) is 13.3. The number of carbonyl (C=O) groups is 1. The van der Waals surface area contributed by atoms with Crippen LogP contribution in [0.3, 0.4) is 0 Å². The number of alkyl halides is 4. The van der Waals surface area contributed by atoms with Crippen LogP contribution in [0.4, 0.5) is 17.6 Å². The monoisotopic (exact) mass is 366 g/mol. The molecule has 0 aliphatic heterocycles. The van der Waals surface area contributed by atoms with E-state index in [4.69, 9.17) is 0 Å². The van der Waals surface area contributed by atoms with Gasteiger partial charge in [-0.25, -0.2) is 0 Å².